The van der Waals surface area contributed by atoms with Crippen LogP contribution in [0.5, 0.6) is 0 Å². The predicted molar refractivity (Wildman–Crippen MR) is 232 cm³/mol. The van der Waals surface area contributed by atoms with Crippen molar-refractivity contribution in [3.05, 3.63) is 24.3 Å². The van der Waals surface area contributed by atoms with Gasteiger partial charge in [-0.15, -0.1) is 0 Å². The van der Waals surface area contributed by atoms with Crippen molar-refractivity contribution in [3.8, 4) is 0 Å². The molecule has 54 heavy (non-hydrogen) atoms. The van der Waals surface area contributed by atoms with Crippen LogP contribution in [0, 0.1) is 0 Å². The van der Waals surface area contributed by atoms with E-state index in [2.05, 4.69) is 43.5 Å². The van der Waals surface area contributed by atoms with Gasteiger partial charge in [-0.3, -0.25) is 9.59 Å². The molecular formula is C48H91NO5. The van der Waals surface area contributed by atoms with Crippen LogP contribution in [0.25, 0.3) is 0 Å². The molecule has 6 nitrogen and oxygen atoms in total. The minimum absolute atomic E-state index is 0.0329. The number of amides is 1. The molecule has 0 aromatic rings. The summed E-state index contributed by atoms with van der Waals surface area (Å²) >= 11 is 0. The molecule has 0 saturated heterocycles. The van der Waals surface area contributed by atoms with Crippen LogP contribution in [0.1, 0.15) is 245 Å². The molecule has 0 heterocycles. The van der Waals surface area contributed by atoms with Crippen LogP contribution >= 0.6 is 0 Å². The first-order valence-corrected chi connectivity index (χ1v) is 23.6. The number of aliphatic hydroxyl groups excluding tert-OH is 2. The molecule has 6 heteroatoms. The normalized spacial score (nSPS) is 12.9. The number of rotatable bonds is 43. The summed E-state index contributed by atoms with van der Waals surface area (Å²) in [4.78, 5) is 24.4. The van der Waals surface area contributed by atoms with Gasteiger partial charge in [-0.1, -0.05) is 199 Å². The molecule has 0 spiro atoms. The van der Waals surface area contributed by atoms with Crippen molar-refractivity contribution in [2.45, 2.75) is 257 Å². The SMILES string of the molecule is CCCCCC/C=C\C/C=C\CCCCCCCC(=O)OCCCCCCCCCCCCC(=O)NC(CO)C(O)CCCCCCCCCCCCC. The summed E-state index contributed by atoms with van der Waals surface area (Å²) in [5, 5.41) is 23.1. The maximum atomic E-state index is 12.4. The maximum absolute atomic E-state index is 12.4. The lowest BCUT2D eigenvalue weighted by Crippen LogP contribution is -2.45. The zero-order valence-corrected chi connectivity index (χ0v) is 36.0. The highest BCUT2D eigenvalue weighted by Gasteiger charge is 2.20. The van der Waals surface area contributed by atoms with Gasteiger partial charge in [-0.2, -0.15) is 0 Å². The molecule has 3 N–H and O–H groups in total. The topological polar surface area (TPSA) is 95.9 Å². The summed E-state index contributed by atoms with van der Waals surface area (Å²) in [6, 6.07) is -0.557. The summed E-state index contributed by atoms with van der Waals surface area (Å²) in [7, 11) is 0. The molecule has 0 radical (unpaired) electrons. The van der Waals surface area contributed by atoms with Gasteiger partial charge in [-0.05, 0) is 57.8 Å². The van der Waals surface area contributed by atoms with E-state index in [1.165, 1.54) is 141 Å². The van der Waals surface area contributed by atoms with Crippen molar-refractivity contribution in [1.29, 1.82) is 0 Å². The van der Waals surface area contributed by atoms with Gasteiger partial charge in [0.2, 0.25) is 5.91 Å². The molecule has 0 aliphatic heterocycles. The molecular weight excluding hydrogens is 671 g/mol. The largest absolute Gasteiger partial charge is 0.466 e. The van der Waals surface area contributed by atoms with Crippen molar-refractivity contribution in [3.63, 3.8) is 0 Å². The van der Waals surface area contributed by atoms with E-state index < -0.39 is 12.1 Å². The predicted octanol–water partition coefficient (Wildman–Crippen LogP) is 13.6. The fraction of sp³-hybridized carbons (Fsp3) is 0.875. The first-order chi connectivity index (χ1) is 26.5. The smallest absolute Gasteiger partial charge is 0.305 e. The molecule has 2 unspecified atom stereocenters. The minimum Gasteiger partial charge on any atom is -0.466 e. The lowest BCUT2D eigenvalue weighted by molar-refractivity contribution is -0.143. The second-order valence-electron chi connectivity index (χ2n) is 16.1. The number of carbonyl (C=O) groups is 2. The van der Waals surface area contributed by atoms with Gasteiger partial charge in [0, 0.05) is 12.8 Å². The summed E-state index contributed by atoms with van der Waals surface area (Å²) in [6.07, 6.45) is 49.9. The molecule has 0 fully saturated rings. The number of unbranched alkanes of at least 4 members (excludes halogenated alkanes) is 28. The van der Waals surface area contributed by atoms with E-state index in [0.29, 0.717) is 25.9 Å². The van der Waals surface area contributed by atoms with Gasteiger partial charge in [0.05, 0.1) is 25.4 Å². The van der Waals surface area contributed by atoms with Gasteiger partial charge >= 0.3 is 5.97 Å². The van der Waals surface area contributed by atoms with E-state index in [-0.39, 0.29) is 18.5 Å². The van der Waals surface area contributed by atoms with Crippen molar-refractivity contribution >= 4 is 11.9 Å². The summed E-state index contributed by atoms with van der Waals surface area (Å²) < 4.78 is 5.44. The molecule has 0 aliphatic carbocycles. The quantitative estimate of drug-likeness (QED) is 0.0327. The van der Waals surface area contributed by atoms with E-state index in [9.17, 15) is 19.8 Å². The second kappa shape index (κ2) is 44.1. The average molecular weight is 762 g/mol. The number of esters is 1. The van der Waals surface area contributed by atoms with E-state index in [1.54, 1.807) is 0 Å². The third kappa shape index (κ3) is 40.0. The zero-order valence-electron chi connectivity index (χ0n) is 36.0. The molecule has 1 amide bonds. The number of hydrogen-bond acceptors (Lipinski definition) is 5. The molecule has 0 aromatic heterocycles. The first kappa shape index (κ1) is 52.3. The van der Waals surface area contributed by atoms with Crippen molar-refractivity contribution in [2.24, 2.45) is 0 Å². The van der Waals surface area contributed by atoms with Crippen LogP contribution in [-0.4, -0.2) is 47.4 Å². The third-order valence-electron chi connectivity index (χ3n) is 10.8. The number of ether oxygens (including phenoxy) is 1. The number of carbonyl (C=O) groups excluding carboxylic acids is 2. The maximum Gasteiger partial charge on any atom is 0.305 e. The van der Waals surface area contributed by atoms with Gasteiger partial charge in [0.1, 0.15) is 0 Å². The van der Waals surface area contributed by atoms with Crippen molar-refractivity contribution < 1.29 is 24.5 Å². The van der Waals surface area contributed by atoms with Crippen LogP contribution in [0.2, 0.25) is 0 Å². The Hall–Kier alpha value is -1.66. The van der Waals surface area contributed by atoms with Crippen LogP contribution in [-0.2, 0) is 14.3 Å². The van der Waals surface area contributed by atoms with Crippen LogP contribution in [0.4, 0.5) is 0 Å². The number of nitrogens with one attached hydrogen (secondary N) is 1. The van der Waals surface area contributed by atoms with E-state index >= 15 is 0 Å². The number of aliphatic hydroxyl groups is 2. The molecule has 0 bridgehead atoms. The summed E-state index contributed by atoms with van der Waals surface area (Å²) in [5.74, 6) is -0.0936. The van der Waals surface area contributed by atoms with Crippen molar-refractivity contribution in [1.82, 2.24) is 5.32 Å². The Bertz CT molecular complexity index is 843. The Morgan fingerprint density at radius 1 is 0.519 bits per heavy atom. The summed E-state index contributed by atoms with van der Waals surface area (Å²) in [5.41, 5.74) is 0. The molecule has 2 atom stereocenters. The highest BCUT2D eigenvalue weighted by Crippen LogP contribution is 2.15. The first-order valence-electron chi connectivity index (χ1n) is 23.6. The van der Waals surface area contributed by atoms with Gasteiger partial charge in [0.25, 0.3) is 0 Å². The average Bonchev–Trinajstić information content (AvgIpc) is 3.17. The Morgan fingerprint density at radius 3 is 1.43 bits per heavy atom. The Labute approximate surface area is 335 Å². The molecule has 0 rings (SSSR count). The van der Waals surface area contributed by atoms with Gasteiger partial charge < -0.3 is 20.3 Å². The van der Waals surface area contributed by atoms with E-state index in [4.69, 9.17) is 4.74 Å². The third-order valence-corrected chi connectivity index (χ3v) is 10.8. The molecule has 318 valence electrons. The van der Waals surface area contributed by atoms with E-state index in [0.717, 1.165) is 70.6 Å². The number of hydrogen-bond donors (Lipinski definition) is 3. The fourth-order valence-electron chi connectivity index (χ4n) is 7.08. The Balaban J connectivity index is 3.49. The second-order valence-corrected chi connectivity index (χ2v) is 16.1. The lowest BCUT2D eigenvalue weighted by Gasteiger charge is -2.22. The molecule has 0 aliphatic rings. The standard InChI is InChI=1S/C48H91NO5/c1-3-5-7-9-11-13-15-16-17-18-19-21-26-30-34-38-42-48(53)54-43-39-35-31-27-23-22-25-29-33-37-41-47(52)49-45(44-50)46(51)40-36-32-28-24-20-14-12-10-8-6-4-2/h13,15,17-18,45-46,50-51H,3-12,14,16,19-44H2,1-2H3,(H,49,52)/b15-13-,18-17-. The van der Waals surface area contributed by atoms with Gasteiger partial charge in [0.15, 0.2) is 0 Å². The van der Waals surface area contributed by atoms with Crippen molar-refractivity contribution in [2.75, 3.05) is 13.2 Å². The number of allylic oxidation sites excluding steroid dienone is 4. The zero-order chi connectivity index (χ0) is 39.4. The Kier molecular flexibility index (Phi) is 42.7. The minimum atomic E-state index is -0.678. The fourth-order valence-corrected chi connectivity index (χ4v) is 7.08. The lowest BCUT2D eigenvalue weighted by atomic mass is 10.0. The van der Waals surface area contributed by atoms with Crippen LogP contribution in [0.3, 0.4) is 0 Å². The highest BCUT2D eigenvalue weighted by molar-refractivity contribution is 5.76. The van der Waals surface area contributed by atoms with Crippen LogP contribution in [0.15, 0.2) is 24.3 Å². The van der Waals surface area contributed by atoms with Gasteiger partial charge in [-0.25, -0.2) is 0 Å². The van der Waals surface area contributed by atoms with E-state index in [1.807, 2.05) is 0 Å². The molecule has 0 saturated carbocycles. The highest BCUT2D eigenvalue weighted by atomic mass is 16.5. The Morgan fingerprint density at radius 2 is 0.926 bits per heavy atom. The summed E-state index contributed by atoms with van der Waals surface area (Å²) in [6.45, 7) is 4.86. The van der Waals surface area contributed by atoms with Crippen LogP contribution < -0.4 is 5.32 Å². The monoisotopic (exact) mass is 762 g/mol. The molecule has 0 aromatic carbocycles.